The van der Waals surface area contributed by atoms with Crippen LogP contribution in [0.25, 0.3) is 23.2 Å². The normalized spacial score (nSPS) is 11.4. The molecule has 0 aliphatic rings. The van der Waals surface area contributed by atoms with Crippen LogP contribution in [0.2, 0.25) is 0 Å². The molecular formula is C15H14N4. The van der Waals surface area contributed by atoms with Crippen molar-refractivity contribution in [1.82, 2.24) is 9.97 Å². The van der Waals surface area contributed by atoms with Crippen molar-refractivity contribution in [3.05, 3.63) is 53.9 Å². The number of rotatable bonds is 2. The Kier molecular flexibility index (Phi) is 2.68. The summed E-state index contributed by atoms with van der Waals surface area (Å²) < 4.78 is 0. The van der Waals surface area contributed by atoms with Gasteiger partial charge in [0.1, 0.15) is 5.82 Å². The van der Waals surface area contributed by atoms with Crippen LogP contribution < -0.4 is 11.5 Å². The molecule has 0 atom stereocenters. The van der Waals surface area contributed by atoms with E-state index in [9.17, 15) is 0 Å². The van der Waals surface area contributed by atoms with E-state index in [1.54, 1.807) is 0 Å². The number of aromatic amines is 1. The Hall–Kier alpha value is -2.75. The van der Waals surface area contributed by atoms with E-state index in [0.29, 0.717) is 0 Å². The first-order valence-corrected chi connectivity index (χ1v) is 5.99. The monoisotopic (exact) mass is 250 g/mol. The number of nitrogens with one attached hydrogen (secondary N) is 1. The largest absolute Gasteiger partial charge is 0.399 e. The first kappa shape index (κ1) is 11.3. The van der Waals surface area contributed by atoms with Gasteiger partial charge in [-0.15, -0.1) is 0 Å². The third-order valence-corrected chi connectivity index (χ3v) is 2.89. The predicted molar refractivity (Wildman–Crippen MR) is 80.3 cm³/mol. The van der Waals surface area contributed by atoms with Crippen molar-refractivity contribution >= 4 is 34.6 Å². The van der Waals surface area contributed by atoms with Gasteiger partial charge in [0, 0.05) is 11.4 Å². The summed E-state index contributed by atoms with van der Waals surface area (Å²) in [5, 5.41) is 0. The molecule has 1 heterocycles. The van der Waals surface area contributed by atoms with Crippen LogP contribution in [0.15, 0.2) is 42.5 Å². The van der Waals surface area contributed by atoms with Gasteiger partial charge in [-0.05, 0) is 42.0 Å². The summed E-state index contributed by atoms with van der Waals surface area (Å²) in [6.07, 6.45) is 3.92. The van der Waals surface area contributed by atoms with E-state index in [1.165, 1.54) is 0 Å². The van der Waals surface area contributed by atoms with Crippen LogP contribution in [0, 0.1) is 0 Å². The van der Waals surface area contributed by atoms with E-state index < -0.39 is 0 Å². The van der Waals surface area contributed by atoms with Crippen molar-refractivity contribution in [3.8, 4) is 0 Å². The molecule has 0 radical (unpaired) electrons. The van der Waals surface area contributed by atoms with Gasteiger partial charge in [0.25, 0.3) is 0 Å². The number of fused-ring (bicyclic) bond motifs is 1. The maximum Gasteiger partial charge on any atom is 0.131 e. The molecule has 0 saturated heterocycles. The molecule has 0 saturated carbocycles. The molecule has 0 bridgehead atoms. The molecule has 19 heavy (non-hydrogen) atoms. The average molecular weight is 250 g/mol. The molecular weight excluding hydrogens is 236 g/mol. The molecule has 1 aromatic heterocycles. The average Bonchev–Trinajstić information content (AvgIpc) is 2.80. The highest BCUT2D eigenvalue weighted by molar-refractivity contribution is 5.81. The van der Waals surface area contributed by atoms with E-state index in [2.05, 4.69) is 9.97 Å². The molecule has 0 amide bonds. The number of nitrogen functional groups attached to an aromatic ring is 2. The van der Waals surface area contributed by atoms with Crippen molar-refractivity contribution < 1.29 is 0 Å². The van der Waals surface area contributed by atoms with E-state index in [4.69, 9.17) is 11.5 Å². The summed E-state index contributed by atoms with van der Waals surface area (Å²) >= 11 is 0. The van der Waals surface area contributed by atoms with Gasteiger partial charge in [-0.3, -0.25) is 0 Å². The van der Waals surface area contributed by atoms with Crippen LogP contribution in [-0.4, -0.2) is 9.97 Å². The lowest BCUT2D eigenvalue weighted by atomic mass is 10.2. The predicted octanol–water partition coefficient (Wildman–Crippen LogP) is 2.90. The maximum absolute atomic E-state index is 5.73. The molecule has 0 spiro atoms. The van der Waals surface area contributed by atoms with Gasteiger partial charge < -0.3 is 16.5 Å². The van der Waals surface area contributed by atoms with Crippen LogP contribution in [0.1, 0.15) is 11.4 Å². The van der Waals surface area contributed by atoms with Gasteiger partial charge in [0.05, 0.1) is 11.0 Å². The Morgan fingerprint density at radius 2 is 1.63 bits per heavy atom. The van der Waals surface area contributed by atoms with Crippen molar-refractivity contribution in [1.29, 1.82) is 0 Å². The number of hydrogen-bond donors (Lipinski definition) is 3. The number of nitrogens with zero attached hydrogens (tertiary/aromatic N) is 1. The molecule has 3 rings (SSSR count). The Labute approximate surface area is 110 Å². The Morgan fingerprint density at radius 1 is 0.895 bits per heavy atom. The van der Waals surface area contributed by atoms with Gasteiger partial charge >= 0.3 is 0 Å². The minimum atomic E-state index is 0.727. The second kappa shape index (κ2) is 4.49. The zero-order valence-electron chi connectivity index (χ0n) is 10.3. The van der Waals surface area contributed by atoms with Gasteiger partial charge in [0.2, 0.25) is 0 Å². The van der Waals surface area contributed by atoms with E-state index in [1.807, 2.05) is 54.6 Å². The summed E-state index contributed by atoms with van der Waals surface area (Å²) in [6.45, 7) is 0. The highest BCUT2D eigenvalue weighted by Gasteiger charge is 1.99. The number of anilines is 2. The Bertz CT molecular complexity index is 738. The first-order chi connectivity index (χ1) is 9.20. The van der Waals surface area contributed by atoms with E-state index >= 15 is 0 Å². The molecule has 4 nitrogen and oxygen atoms in total. The fraction of sp³-hybridized carbons (Fsp3) is 0. The first-order valence-electron chi connectivity index (χ1n) is 5.99. The minimum absolute atomic E-state index is 0.727. The van der Waals surface area contributed by atoms with Crippen molar-refractivity contribution in [3.63, 3.8) is 0 Å². The van der Waals surface area contributed by atoms with Crippen LogP contribution in [0.5, 0.6) is 0 Å². The van der Waals surface area contributed by atoms with E-state index in [0.717, 1.165) is 33.8 Å². The number of hydrogen-bond acceptors (Lipinski definition) is 3. The van der Waals surface area contributed by atoms with E-state index in [-0.39, 0.29) is 0 Å². The maximum atomic E-state index is 5.73. The second-order valence-corrected chi connectivity index (χ2v) is 4.40. The van der Waals surface area contributed by atoms with Crippen LogP contribution in [0.4, 0.5) is 11.4 Å². The fourth-order valence-electron chi connectivity index (χ4n) is 1.91. The minimum Gasteiger partial charge on any atom is -0.399 e. The van der Waals surface area contributed by atoms with Crippen LogP contribution >= 0.6 is 0 Å². The van der Waals surface area contributed by atoms with Crippen molar-refractivity contribution in [2.75, 3.05) is 11.5 Å². The Morgan fingerprint density at radius 3 is 2.42 bits per heavy atom. The smallest absolute Gasteiger partial charge is 0.131 e. The number of imidazole rings is 1. The van der Waals surface area contributed by atoms with Gasteiger partial charge in [-0.1, -0.05) is 18.2 Å². The third-order valence-electron chi connectivity index (χ3n) is 2.89. The molecule has 0 aliphatic carbocycles. The van der Waals surface area contributed by atoms with Crippen LogP contribution in [-0.2, 0) is 0 Å². The number of benzene rings is 2. The molecule has 0 unspecified atom stereocenters. The molecule has 2 aromatic carbocycles. The lowest BCUT2D eigenvalue weighted by Crippen LogP contribution is -1.82. The van der Waals surface area contributed by atoms with Crippen molar-refractivity contribution in [2.45, 2.75) is 0 Å². The van der Waals surface area contributed by atoms with Gasteiger partial charge in [0.15, 0.2) is 0 Å². The summed E-state index contributed by atoms with van der Waals surface area (Å²) in [5.74, 6) is 0.803. The zero-order valence-corrected chi connectivity index (χ0v) is 10.3. The van der Waals surface area contributed by atoms with Gasteiger partial charge in [-0.25, -0.2) is 4.98 Å². The summed E-state index contributed by atoms with van der Waals surface area (Å²) in [7, 11) is 0. The highest BCUT2D eigenvalue weighted by atomic mass is 14.9. The standard InChI is InChI=1S/C15H14N4/c16-11-4-1-10(2-5-11)3-8-15-18-13-7-6-12(17)9-14(13)19-15/h1-9H,16-17H2,(H,18,19)/b8-3+. The molecule has 0 aliphatic heterocycles. The molecule has 5 N–H and O–H groups in total. The quantitative estimate of drug-likeness (QED) is 0.612. The van der Waals surface area contributed by atoms with Crippen LogP contribution in [0.3, 0.4) is 0 Å². The number of H-pyrrole nitrogens is 1. The molecule has 4 heteroatoms. The van der Waals surface area contributed by atoms with Gasteiger partial charge in [-0.2, -0.15) is 0 Å². The lowest BCUT2D eigenvalue weighted by Gasteiger charge is -1.93. The SMILES string of the molecule is Nc1ccc(/C=C/c2nc3ccc(N)cc3[nH]2)cc1. The third kappa shape index (κ3) is 2.42. The topological polar surface area (TPSA) is 80.7 Å². The lowest BCUT2D eigenvalue weighted by molar-refractivity contribution is 1.29. The molecule has 0 fully saturated rings. The second-order valence-electron chi connectivity index (χ2n) is 4.40. The fourth-order valence-corrected chi connectivity index (χ4v) is 1.91. The zero-order chi connectivity index (χ0) is 13.2. The highest BCUT2D eigenvalue weighted by Crippen LogP contribution is 2.16. The number of nitrogens with two attached hydrogens (primary N) is 2. The molecule has 3 aromatic rings. The Balaban J connectivity index is 1.90. The molecule has 94 valence electrons. The summed E-state index contributed by atoms with van der Waals surface area (Å²) in [5.41, 5.74) is 15.8. The summed E-state index contributed by atoms with van der Waals surface area (Å²) in [4.78, 5) is 7.68. The summed E-state index contributed by atoms with van der Waals surface area (Å²) in [6, 6.07) is 13.3. The number of aromatic nitrogens is 2. The van der Waals surface area contributed by atoms with Crippen molar-refractivity contribution in [2.24, 2.45) is 0 Å².